The number of Topliss-reactive ketones (excluding diaryl/α,β-unsaturated/α-hetero) is 1. The molecule has 8 nitrogen and oxygen atoms in total. The van der Waals surface area contributed by atoms with Crippen LogP contribution in [0.4, 0.5) is 11.4 Å². The van der Waals surface area contributed by atoms with Gasteiger partial charge in [-0.3, -0.25) is 9.59 Å². The van der Waals surface area contributed by atoms with Crippen LogP contribution in [-0.4, -0.2) is 35.3 Å². The minimum Gasteiger partial charge on any atom is -0.456 e. The summed E-state index contributed by atoms with van der Waals surface area (Å²) in [5.41, 5.74) is 0.867. The zero-order valence-corrected chi connectivity index (χ0v) is 16.7. The number of hydrogen-bond acceptors (Lipinski definition) is 7. The number of carbonyl (C=O) groups excluding carboxylic acids is 3. The summed E-state index contributed by atoms with van der Waals surface area (Å²) in [5.74, 6) is -1.52. The van der Waals surface area contributed by atoms with Crippen LogP contribution in [0.3, 0.4) is 0 Å². The molecule has 0 saturated heterocycles. The molecule has 0 unspecified atom stereocenters. The van der Waals surface area contributed by atoms with Crippen LogP contribution in [0.15, 0.2) is 36.5 Å². The Morgan fingerprint density at radius 2 is 1.83 bits per heavy atom. The van der Waals surface area contributed by atoms with Crippen molar-refractivity contribution < 1.29 is 19.1 Å². The summed E-state index contributed by atoms with van der Waals surface area (Å²) in [6, 6.07) is 9.33. The van der Waals surface area contributed by atoms with Crippen LogP contribution >= 0.6 is 0 Å². The molecular formula is C21H22N4O4. The normalized spacial score (nSPS) is 10.6. The molecule has 0 spiro atoms. The molecule has 0 aliphatic rings. The predicted octanol–water partition coefficient (Wildman–Crippen LogP) is 3.16. The highest BCUT2D eigenvalue weighted by Gasteiger charge is 2.20. The Kier molecular flexibility index (Phi) is 6.67. The summed E-state index contributed by atoms with van der Waals surface area (Å²) in [7, 11) is 1.67. The molecule has 0 bridgehead atoms. The zero-order valence-electron chi connectivity index (χ0n) is 16.7. The third kappa shape index (κ3) is 6.14. The van der Waals surface area contributed by atoms with Crippen LogP contribution in [0.1, 0.15) is 53.6 Å². The van der Waals surface area contributed by atoms with E-state index in [1.807, 2.05) is 6.07 Å². The van der Waals surface area contributed by atoms with Gasteiger partial charge in [-0.15, -0.1) is 0 Å². The minimum atomic E-state index is -0.651. The van der Waals surface area contributed by atoms with E-state index in [1.54, 1.807) is 40.0 Å². The van der Waals surface area contributed by atoms with Crippen LogP contribution < -0.4 is 10.6 Å². The van der Waals surface area contributed by atoms with Gasteiger partial charge < -0.3 is 15.4 Å². The highest BCUT2D eigenvalue weighted by atomic mass is 16.6. The smallest absolute Gasteiger partial charge is 0.338 e. The van der Waals surface area contributed by atoms with E-state index in [0.29, 0.717) is 11.4 Å². The van der Waals surface area contributed by atoms with Gasteiger partial charge >= 0.3 is 5.97 Å². The SMILES string of the molecule is CNc1ccc(C(=O)OC(C)(C)C)cc1NC(=O)CC(=O)c1ccnc(C#N)c1. The van der Waals surface area contributed by atoms with Gasteiger partial charge in [0.15, 0.2) is 5.78 Å². The molecule has 2 aromatic rings. The van der Waals surface area contributed by atoms with E-state index in [4.69, 9.17) is 10.00 Å². The maximum atomic E-state index is 12.4. The van der Waals surface area contributed by atoms with Crippen molar-refractivity contribution in [2.45, 2.75) is 32.8 Å². The average molecular weight is 394 g/mol. The topological polar surface area (TPSA) is 121 Å². The highest BCUT2D eigenvalue weighted by molar-refractivity contribution is 6.12. The fourth-order valence-electron chi connectivity index (χ4n) is 2.44. The predicted molar refractivity (Wildman–Crippen MR) is 108 cm³/mol. The summed E-state index contributed by atoms with van der Waals surface area (Å²) < 4.78 is 5.34. The maximum Gasteiger partial charge on any atom is 0.338 e. The van der Waals surface area contributed by atoms with Gasteiger partial charge in [0.2, 0.25) is 5.91 Å². The van der Waals surface area contributed by atoms with E-state index in [1.165, 1.54) is 24.4 Å². The lowest BCUT2D eigenvalue weighted by Gasteiger charge is -2.20. The number of ether oxygens (including phenoxy) is 1. The van der Waals surface area contributed by atoms with E-state index in [9.17, 15) is 14.4 Å². The Morgan fingerprint density at radius 3 is 2.45 bits per heavy atom. The second-order valence-corrected chi connectivity index (χ2v) is 7.20. The Morgan fingerprint density at radius 1 is 1.10 bits per heavy atom. The summed E-state index contributed by atoms with van der Waals surface area (Å²) in [6.45, 7) is 5.29. The Labute approximate surface area is 168 Å². The molecule has 0 aliphatic carbocycles. The summed E-state index contributed by atoms with van der Waals surface area (Å²) in [4.78, 5) is 40.8. The number of esters is 1. The number of pyridine rings is 1. The molecule has 1 amide bonds. The lowest BCUT2D eigenvalue weighted by atomic mass is 10.1. The third-order valence-electron chi connectivity index (χ3n) is 3.72. The molecule has 1 heterocycles. The summed E-state index contributed by atoms with van der Waals surface area (Å²) >= 11 is 0. The molecule has 2 N–H and O–H groups in total. The van der Waals surface area contributed by atoms with Crippen molar-refractivity contribution in [2.24, 2.45) is 0 Å². The molecule has 0 fully saturated rings. The second-order valence-electron chi connectivity index (χ2n) is 7.20. The van der Waals surface area contributed by atoms with Gasteiger partial charge in [-0.2, -0.15) is 5.26 Å². The molecule has 0 saturated carbocycles. The van der Waals surface area contributed by atoms with Gasteiger partial charge in [0, 0.05) is 18.8 Å². The number of nitrogens with one attached hydrogen (secondary N) is 2. The molecular weight excluding hydrogens is 372 g/mol. The number of carbonyl (C=O) groups is 3. The van der Waals surface area contributed by atoms with Crippen LogP contribution in [0.25, 0.3) is 0 Å². The van der Waals surface area contributed by atoms with Crippen molar-refractivity contribution in [2.75, 3.05) is 17.7 Å². The van der Waals surface area contributed by atoms with Gasteiger partial charge in [-0.25, -0.2) is 9.78 Å². The molecule has 0 radical (unpaired) electrons. The first kappa shape index (κ1) is 21.6. The van der Waals surface area contributed by atoms with Crippen molar-refractivity contribution in [3.05, 3.63) is 53.3 Å². The van der Waals surface area contributed by atoms with E-state index >= 15 is 0 Å². The maximum absolute atomic E-state index is 12.4. The molecule has 0 atom stereocenters. The van der Waals surface area contributed by atoms with Gasteiger partial charge in [0.25, 0.3) is 0 Å². The van der Waals surface area contributed by atoms with Crippen LogP contribution in [0.5, 0.6) is 0 Å². The molecule has 1 aromatic heterocycles. The highest BCUT2D eigenvalue weighted by Crippen LogP contribution is 2.24. The quantitative estimate of drug-likeness (QED) is 0.438. The van der Waals surface area contributed by atoms with Crippen molar-refractivity contribution in [3.63, 3.8) is 0 Å². The number of ketones is 1. The van der Waals surface area contributed by atoms with Gasteiger partial charge in [0.1, 0.15) is 17.4 Å². The van der Waals surface area contributed by atoms with Crippen molar-refractivity contribution in [1.82, 2.24) is 4.98 Å². The summed E-state index contributed by atoms with van der Waals surface area (Å²) in [5, 5.41) is 14.4. The van der Waals surface area contributed by atoms with Gasteiger partial charge in [0.05, 0.1) is 23.4 Å². The van der Waals surface area contributed by atoms with E-state index < -0.39 is 29.7 Å². The lowest BCUT2D eigenvalue weighted by Crippen LogP contribution is -2.24. The lowest BCUT2D eigenvalue weighted by molar-refractivity contribution is -0.115. The fourth-order valence-corrected chi connectivity index (χ4v) is 2.44. The number of aromatic nitrogens is 1. The number of nitriles is 1. The number of anilines is 2. The zero-order chi connectivity index (χ0) is 21.6. The Hall–Kier alpha value is -3.73. The first-order valence-electron chi connectivity index (χ1n) is 8.87. The first-order chi connectivity index (χ1) is 13.6. The van der Waals surface area contributed by atoms with E-state index in [0.717, 1.165) is 0 Å². The van der Waals surface area contributed by atoms with Gasteiger partial charge in [-0.05, 0) is 51.1 Å². The van der Waals surface area contributed by atoms with E-state index in [2.05, 4.69) is 15.6 Å². The third-order valence-corrected chi connectivity index (χ3v) is 3.72. The van der Waals surface area contributed by atoms with Gasteiger partial charge in [-0.1, -0.05) is 0 Å². The van der Waals surface area contributed by atoms with Crippen molar-refractivity contribution in [3.8, 4) is 6.07 Å². The number of benzene rings is 1. The largest absolute Gasteiger partial charge is 0.456 e. The number of rotatable bonds is 6. The average Bonchev–Trinajstić information content (AvgIpc) is 2.66. The molecule has 29 heavy (non-hydrogen) atoms. The monoisotopic (exact) mass is 394 g/mol. The molecule has 2 rings (SSSR count). The first-order valence-corrected chi connectivity index (χ1v) is 8.87. The number of amides is 1. The van der Waals surface area contributed by atoms with Crippen molar-refractivity contribution in [1.29, 1.82) is 5.26 Å². The summed E-state index contributed by atoms with van der Waals surface area (Å²) in [6.07, 6.45) is 0.918. The Bertz CT molecular complexity index is 987. The fraction of sp³-hybridized carbons (Fsp3) is 0.286. The number of nitrogens with zero attached hydrogens (tertiary/aromatic N) is 2. The van der Waals surface area contributed by atoms with Crippen LogP contribution in [0, 0.1) is 11.3 Å². The number of hydrogen-bond donors (Lipinski definition) is 2. The Balaban J connectivity index is 2.16. The van der Waals surface area contributed by atoms with Crippen molar-refractivity contribution >= 4 is 29.0 Å². The van der Waals surface area contributed by atoms with E-state index in [-0.39, 0.29) is 16.8 Å². The molecule has 8 heteroatoms. The van der Waals surface area contributed by atoms with Crippen LogP contribution in [-0.2, 0) is 9.53 Å². The molecule has 150 valence electrons. The standard InChI is InChI=1S/C21H22N4O4/c1-21(2,3)29-20(28)14-5-6-16(23-4)17(10-14)25-19(27)11-18(26)13-7-8-24-15(9-13)12-22/h5-10,23H,11H2,1-4H3,(H,25,27). The molecule has 1 aromatic carbocycles. The van der Waals surface area contributed by atoms with Crippen LogP contribution in [0.2, 0.25) is 0 Å². The second kappa shape index (κ2) is 8.97. The molecule has 0 aliphatic heterocycles. The minimum absolute atomic E-state index is 0.0961.